The predicted molar refractivity (Wildman–Crippen MR) is 71.3 cm³/mol. The Morgan fingerprint density at radius 2 is 1.65 bits per heavy atom. The number of hydrogen-bond donors (Lipinski definition) is 1. The molecular formula is C16H14F3N. The Bertz CT molecular complexity index is 616. The lowest BCUT2D eigenvalue weighted by molar-refractivity contribution is -0.137. The number of benzene rings is 2. The summed E-state index contributed by atoms with van der Waals surface area (Å²) in [5, 5.41) is 0. The van der Waals surface area contributed by atoms with Crippen LogP contribution in [-0.4, -0.2) is 0 Å². The fraction of sp³-hybridized carbons (Fsp3) is 0.250. The predicted octanol–water partition coefficient (Wildman–Crippen LogP) is 4.05. The zero-order chi connectivity index (χ0) is 14.3. The molecule has 0 fully saturated rings. The third-order valence-corrected chi connectivity index (χ3v) is 3.95. The highest BCUT2D eigenvalue weighted by molar-refractivity contribution is 5.43. The van der Waals surface area contributed by atoms with Gasteiger partial charge in [-0.1, -0.05) is 36.4 Å². The molecule has 0 spiro atoms. The Morgan fingerprint density at radius 3 is 2.25 bits per heavy atom. The van der Waals surface area contributed by atoms with Crippen molar-refractivity contribution in [3.63, 3.8) is 0 Å². The average Bonchev–Trinajstić information content (AvgIpc) is 2.39. The SMILES string of the molecule is NC(c1ccc(C(F)(F)F)cc1)C1Cc2ccccc21. The Labute approximate surface area is 115 Å². The Hall–Kier alpha value is -1.81. The van der Waals surface area contributed by atoms with Crippen molar-refractivity contribution in [1.29, 1.82) is 0 Å². The second-order valence-electron chi connectivity index (χ2n) is 5.15. The van der Waals surface area contributed by atoms with E-state index in [1.165, 1.54) is 23.3 Å². The van der Waals surface area contributed by atoms with Crippen LogP contribution in [0.15, 0.2) is 48.5 Å². The smallest absolute Gasteiger partial charge is 0.323 e. The molecule has 2 aromatic carbocycles. The first-order valence-electron chi connectivity index (χ1n) is 6.47. The molecule has 20 heavy (non-hydrogen) atoms. The number of fused-ring (bicyclic) bond motifs is 1. The minimum Gasteiger partial charge on any atom is -0.323 e. The quantitative estimate of drug-likeness (QED) is 0.880. The highest BCUT2D eigenvalue weighted by atomic mass is 19.4. The molecule has 4 heteroatoms. The summed E-state index contributed by atoms with van der Waals surface area (Å²) in [6.07, 6.45) is -3.41. The summed E-state index contributed by atoms with van der Waals surface area (Å²) < 4.78 is 37.6. The van der Waals surface area contributed by atoms with E-state index in [-0.39, 0.29) is 12.0 Å². The van der Waals surface area contributed by atoms with Crippen molar-refractivity contribution >= 4 is 0 Å². The van der Waals surface area contributed by atoms with Gasteiger partial charge in [-0.25, -0.2) is 0 Å². The maximum atomic E-state index is 12.5. The normalized spacial score (nSPS) is 19.1. The molecule has 1 aliphatic carbocycles. The van der Waals surface area contributed by atoms with Gasteiger partial charge in [-0.05, 0) is 35.2 Å². The zero-order valence-corrected chi connectivity index (χ0v) is 10.7. The maximum absolute atomic E-state index is 12.5. The molecule has 1 aliphatic rings. The summed E-state index contributed by atoms with van der Waals surface area (Å²) in [5.41, 5.74) is 8.79. The molecule has 0 saturated heterocycles. The van der Waals surface area contributed by atoms with E-state index in [9.17, 15) is 13.2 Å². The lowest BCUT2D eigenvalue weighted by Crippen LogP contribution is -2.29. The van der Waals surface area contributed by atoms with Gasteiger partial charge >= 0.3 is 6.18 Å². The fourth-order valence-electron chi connectivity index (χ4n) is 2.74. The van der Waals surface area contributed by atoms with Crippen LogP contribution in [0.1, 0.15) is 34.2 Å². The van der Waals surface area contributed by atoms with Gasteiger partial charge in [-0.3, -0.25) is 0 Å². The van der Waals surface area contributed by atoms with Gasteiger partial charge in [0.1, 0.15) is 0 Å². The van der Waals surface area contributed by atoms with E-state index >= 15 is 0 Å². The number of rotatable bonds is 2. The second-order valence-corrected chi connectivity index (χ2v) is 5.15. The molecule has 2 N–H and O–H groups in total. The third-order valence-electron chi connectivity index (χ3n) is 3.95. The number of hydrogen-bond acceptors (Lipinski definition) is 1. The first-order chi connectivity index (χ1) is 9.47. The molecule has 3 rings (SSSR count). The average molecular weight is 277 g/mol. The summed E-state index contributed by atoms with van der Waals surface area (Å²) in [6, 6.07) is 12.9. The van der Waals surface area contributed by atoms with Gasteiger partial charge < -0.3 is 5.73 Å². The first-order valence-corrected chi connectivity index (χ1v) is 6.47. The number of halogens is 3. The van der Waals surface area contributed by atoms with Crippen LogP contribution in [0.3, 0.4) is 0 Å². The Balaban J connectivity index is 1.81. The summed E-state index contributed by atoms with van der Waals surface area (Å²) in [7, 11) is 0. The van der Waals surface area contributed by atoms with Crippen molar-refractivity contribution in [3.05, 3.63) is 70.8 Å². The van der Waals surface area contributed by atoms with Crippen molar-refractivity contribution in [3.8, 4) is 0 Å². The summed E-state index contributed by atoms with van der Waals surface area (Å²) in [4.78, 5) is 0. The lowest BCUT2D eigenvalue weighted by atomic mass is 9.72. The van der Waals surface area contributed by atoms with Crippen LogP contribution in [0.2, 0.25) is 0 Å². The van der Waals surface area contributed by atoms with E-state index in [0.29, 0.717) is 0 Å². The van der Waals surface area contributed by atoms with Gasteiger partial charge in [0.15, 0.2) is 0 Å². The highest BCUT2D eigenvalue weighted by Gasteiger charge is 2.33. The van der Waals surface area contributed by atoms with Gasteiger partial charge in [-0.15, -0.1) is 0 Å². The van der Waals surface area contributed by atoms with E-state index in [1.54, 1.807) is 0 Å². The van der Waals surface area contributed by atoms with E-state index in [0.717, 1.165) is 24.1 Å². The molecule has 2 unspecified atom stereocenters. The molecule has 1 nitrogen and oxygen atoms in total. The van der Waals surface area contributed by atoms with Crippen LogP contribution in [-0.2, 0) is 12.6 Å². The second kappa shape index (κ2) is 4.63. The molecule has 0 amide bonds. The van der Waals surface area contributed by atoms with Gasteiger partial charge in [0.05, 0.1) is 5.56 Å². The summed E-state index contributed by atoms with van der Waals surface area (Å²) >= 11 is 0. The van der Waals surface area contributed by atoms with Crippen molar-refractivity contribution in [2.75, 3.05) is 0 Å². The zero-order valence-electron chi connectivity index (χ0n) is 10.7. The van der Waals surface area contributed by atoms with Crippen LogP contribution >= 0.6 is 0 Å². The lowest BCUT2D eigenvalue weighted by Gasteiger charge is -2.35. The summed E-state index contributed by atoms with van der Waals surface area (Å²) in [6.45, 7) is 0. The van der Waals surface area contributed by atoms with E-state index < -0.39 is 11.7 Å². The van der Waals surface area contributed by atoms with Crippen molar-refractivity contribution in [1.82, 2.24) is 0 Å². The molecule has 104 valence electrons. The summed E-state index contributed by atoms with van der Waals surface area (Å²) in [5.74, 6) is 0.197. The highest BCUT2D eigenvalue weighted by Crippen LogP contribution is 2.42. The van der Waals surface area contributed by atoms with Crippen molar-refractivity contribution in [2.24, 2.45) is 5.73 Å². The largest absolute Gasteiger partial charge is 0.416 e. The van der Waals surface area contributed by atoms with E-state index in [4.69, 9.17) is 5.73 Å². The minimum absolute atomic E-state index is 0.197. The Morgan fingerprint density at radius 1 is 1.00 bits per heavy atom. The van der Waals surface area contributed by atoms with Crippen molar-refractivity contribution in [2.45, 2.75) is 24.6 Å². The molecular weight excluding hydrogens is 263 g/mol. The third kappa shape index (κ3) is 2.20. The Kier molecular flexibility index (Phi) is 3.05. The molecule has 2 aromatic rings. The standard InChI is InChI=1S/C16H14F3N/c17-16(18,19)12-7-5-10(6-8-12)15(20)14-9-11-3-1-2-4-13(11)14/h1-8,14-15H,9,20H2. The van der Waals surface area contributed by atoms with Gasteiger partial charge in [-0.2, -0.15) is 13.2 Å². The topological polar surface area (TPSA) is 26.0 Å². The van der Waals surface area contributed by atoms with Crippen LogP contribution in [0.25, 0.3) is 0 Å². The molecule has 0 aliphatic heterocycles. The molecule has 0 radical (unpaired) electrons. The van der Waals surface area contributed by atoms with Crippen LogP contribution in [0.5, 0.6) is 0 Å². The molecule has 0 heterocycles. The monoisotopic (exact) mass is 277 g/mol. The van der Waals surface area contributed by atoms with Crippen LogP contribution < -0.4 is 5.73 Å². The van der Waals surface area contributed by atoms with Gasteiger partial charge in [0.25, 0.3) is 0 Å². The molecule has 2 atom stereocenters. The minimum atomic E-state index is -4.30. The van der Waals surface area contributed by atoms with E-state index in [2.05, 4.69) is 6.07 Å². The van der Waals surface area contributed by atoms with Crippen LogP contribution in [0, 0.1) is 0 Å². The molecule has 0 saturated carbocycles. The van der Waals surface area contributed by atoms with Crippen LogP contribution in [0.4, 0.5) is 13.2 Å². The number of nitrogens with two attached hydrogens (primary N) is 1. The molecule has 0 bridgehead atoms. The maximum Gasteiger partial charge on any atom is 0.416 e. The fourth-order valence-corrected chi connectivity index (χ4v) is 2.74. The van der Waals surface area contributed by atoms with E-state index in [1.807, 2.05) is 18.2 Å². The molecule has 0 aromatic heterocycles. The van der Waals surface area contributed by atoms with Gasteiger partial charge in [0, 0.05) is 12.0 Å². The number of alkyl halides is 3. The first kappa shape index (κ1) is 13.2. The van der Waals surface area contributed by atoms with Gasteiger partial charge in [0.2, 0.25) is 0 Å². The van der Waals surface area contributed by atoms with Crippen molar-refractivity contribution < 1.29 is 13.2 Å².